The van der Waals surface area contributed by atoms with Crippen molar-refractivity contribution in [2.24, 2.45) is 0 Å². The number of rotatable bonds is 3. The SMILES string of the molecule is CC(=O)N(C[Si](C)(C)OC(=O)C(F)(F)F)C(C)=O. The van der Waals surface area contributed by atoms with Crippen molar-refractivity contribution in [1.82, 2.24) is 4.90 Å². The molecule has 0 saturated carbocycles. The Morgan fingerprint density at radius 3 is 1.78 bits per heavy atom. The Balaban J connectivity index is 4.80. The van der Waals surface area contributed by atoms with E-state index in [1.165, 1.54) is 13.1 Å². The van der Waals surface area contributed by atoms with E-state index in [2.05, 4.69) is 4.43 Å². The molecule has 0 aromatic carbocycles. The number of hydrogen-bond acceptors (Lipinski definition) is 4. The Bertz CT molecular complexity index is 353. The van der Waals surface area contributed by atoms with Gasteiger partial charge in [0, 0.05) is 13.8 Å². The summed E-state index contributed by atoms with van der Waals surface area (Å²) in [7, 11) is -3.15. The molecule has 0 aliphatic heterocycles. The zero-order chi connectivity index (χ0) is 14.7. The molecule has 0 aliphatic rings. The number of hydrogen-bond donors (Lipinski definition) is 0. The van der Waals surface area contributed by atoms with Gasteiger partial charge in [0.15, 0.2) is 0 Å². The van der Waals surface area contributed by atoms with E-state index in [0.29, 0.717) is 0 Å². The molecule has 0 fully saturated rings. The Morgan fingerprint density at radius 2 is 1.50 bits per heavy atom. The highest BCUT2D eigenvalue weighted by Crippen LogP contribution is 2.20. The molecule has 5 nitrogen and oxygen atoms in total. The summed E-state index contributed by atoms with van der Waals surface area (Å²) in [6.45, 7) is 4.85. The van der Waals surface area contributed by atoms with Crippen LogP contribution in [-0.2, 0) is 18.8 Å². The Hall–Kier alpha value is -1.38. The van der Waals surface area contributed by atoms with Gasteiger partial charge in [-0.15, -0.1) is 0 Å². The van der Waals surface area contributed by atoms with E-state index in [9.17, 15) is 27.6 Å². The molecule has 0 aliphatic carbocycles. The van der Waals surface area contributed by atoms with Crippen LogP contribution in [0.1, 0.15) is 13.8 Å². The van der Waals surface area contributed by atoms with Crippen molar-refractivity contribution in [3.8, 4) is 0 Å². The normalized spacial score (nSPS) is 11.9. The van der Waals surface area contributed by atoms with Crippen molar-refractivity contribution >= 4 is 26.1 Å². The summed E-state index contributed by atoms with van der Waals surface area (Å²) in [4.78, 5) is 33.7. The van der Waals surface area contributed by atoms with Gasteiger partial charge in [-0.05, 0) is 13.1 Å². The van der Waals surface area contributed by atoms with Crippen molar-refractivity contribution in [1.29, 1.82) is 0 Å². The minimum Gasteiger partial charge on any atom is -0.511 e. The summed E-state index contributed by atoms with van der Waals surface area (Å²) in [5.74, 6) is -3.51. The second-order valence-electron chi connectivity index (χ2n) is 4.27. The highest BCUT2D eigenvalue weighted by molar-refractivity contribution is 6.73. The average molecular weight is 285 g/mol. The number of alkyl halides is 3. The highest BCUT2D eigenvalue weighted by atomic mass is 28.4. The maximum atomic E-state index is 12.0. The first kappa shape index (κ1) is 16.6. The van der Waals surface area contributed by atoms with Gasteiger partial charge < -0.3 is 4.43 Å². The van der Waals surface area contributed by atoms with Crippen LogP contribution in [0.4, 0.5) is 13.2 Å². The number of nitrogens with zero attached hydrogens (tertiary/aromatic N) is 1. The predicted octanol–water partition coefficient (Wildman–Crippen LogP) is 1.23. The summed E-state index contributed by atoms with van der Waals surface area (Å²) < 4.78 is 40.5. The number of amides is 2. The number of halogens is 3. The maximum Gasteiger partial charge on any atom is 0.489 e. The molecule has 0 aromatic heterocycles. The van der Waals surface area contributed by atoms with E-state index in [1.807, 2.05) is 0 Å². The summed E-state index contributed by atoms with van der Waals surface area (Å²) in [6.07, 6.45) is -5.39. The second-order valence-corrected chi connectivity index (χ2v) is 8.31. The summed E-state index contributed by atoms with van der Waals surface area (Å²) in [5.41, 5.74) is 0. The van der Waals surface area contributed by atoms with Gasteiger partial charge in [-0.25, -0.2) is 4.79 Å². The van der Waals surface area contributed by atoms with Crippen LogP contribution in [0.5, 0.6) is 0 Å². The smallest absolute Gasteiger partial charge is 0.489 e. The van der Waals surface area contributed by atoms with E-state index in [0.717, 1.165) is 18.7 Å². The molecule has 0 bridgehead atoms. The number of carbonyl (C=O) groups excluding carboxylic acids is 3. The molecule has 0 spiro atoms. The fourth-order valence-electron chi connectivity index (χ4n) is 1.17. The third-order valence-corrected chi connectivity index (χ3v) is 3.72. The van der Waals surface area contributed by atoms with E-state index in [4.69, 9.17) is 0 Å². The number of imide groups is 1. The van der Waals surface area contributed by atoms with Crippen LogP contribution in [0.2, 0.25) is 13.1 Å². The first-order chi connectivity index (χ1) is 7.87. The van der Waals surface area contributed by atoms with Gasteiger partial charge in [0.25, 0.3) is 8.32 Å². The Labute approximate surface area is 103 Å². The minimum atomic E-state index is -5.08. The highest BCUT2D eigenvalue weighted by Gasteiger charge is 2.45. The fraction of sp³-hybridized carbons (Fsp3) is 0.667. The molecular weight excluding hydrogens is 271 g/mol. The molecule has 0 rings (SSSR count). The molecule has 0 unspecified atom stereocenters. The van der Waals surface area contributed by atoms with E-state index in [-0.39, 0.29) is 6.17 Å². The van der Waals surface area contributed by atoms with Gasteiger partial charge in [0.1, 0.15) is 0 Å². The average Bonchev–Trinajstić information content (AvgIpc) is 2.11. The quantitative estimate of drug-likeness (QED) is 0.732. The minimum absolute atomic E-state index is 0.306. The lowest BCUT2D eigenvalue weighted by molar-refractivity contribution is -0.190. The Kier molecular flexibility index (Phi) is 5.08. The van der Waals surface area contributed by atoms with E-state index in [1.54, 1.807) is 0 Å². The molecule has 0 aromatic rings. The Morgan fingerprint density at radius 1 is 1.11 bits per heavy atom. The number of carbonyl (C=O) groups is 3. The van der Waals surface area contributed by atoms with E-state index >= 15 is 0 Å². The molecule has 0 heterocycles. The maximum absolute atomic E-state index is 12.0. The molecule has 2 amide bonds. The van der Waals surface area contributed by atoms with Crippen LogP contribution in [0.15, 0.2) is 0 Å². The van der Waals surface area contributed by atoms with Gasteiger partial charge >= 0.3 is 12.1 Å². The monoisotopic (exact) mass is 285 g/mol. The first-order valence-corrected chi connectivity index (χ1v) is 8.07. The van der Waals surface area contributed by atoms with Gasteiger partial charge in [-0.3, -0.25) is 14.5 Å². The largest absolute Gasteiger partial charge is 0.511 e. The molecule has 18 heavy (non-hydrogen) atoms. The van der Waals surface area contributed by atoms with Gasteiger partial charge in [0.05, 0.1) is 6.17 Å². The molecule has 0 N–H and O–H groups in total. The van der Waals surface area contributed by atoms with Crippen LogP contribution in [-0.4, -0.2) is 43.3 Å². The lowest BCUT2D eigenvalue weighted by Crippen LogP contribution is -2.51. The van der Waals surface area contributed by atoms with Crippen LogP contribution in [0.3, 0.4) is 0 Å². The zero-order valence-corrected chi connectivity index (χ0v) is 11.4. The summed E-state index contributed by atoms with van der Waals surface area (Å²) >= 11 is 0. The zero-order valence-electron chi connectivity index (χ0n) is 10.4. The van der Waals surface area contributed by atoms with Crippen molar-refractivity contribution in [3.05, 3.63) is 0 Å². The van der Waals surface area contributed by atoms with Gasteiger partial charge in [-0.1, -0.05) is 0 Å². The molecule has 0 atom stereocenters. The molecule has 9 heteroatoms. The van der Waals surface area contributed by atoms with Crippen LogP contribution in [0.25, 0.3) is 0 Å². The first-order valence-electron chi connectivity index (χ1n) is 4.95. The third-order valence-electron chi connectivity index (χ3n) is 1.90. The van der Waals surface area contributed by atoms with Gasteiger partial charge in [0.2, 0.25) is 11.8 Å². The lowest BCUT2D eigenvalue weighted by atomic mass is 10.5. The van der Waals surface area contributed by atoms with Crippen LogP contribution < -0.4 is 0 Å². The summed E-state index contributed by atoms with van der Waals surface area (Å²) in [6, 6.07) is 0. The molecule has 104 valence electrons. The van der Waals surface area contributed by atoms with Crippen molar-refractivity contribution in [3.63, 3.8) is 0 Å². The van der Waals surface area contributed by atoms with E-state index < -0.39 is 32.3 Å². The van der Waals surface area contributed by atoms with Crippen LogP contribution >= 0.6 is 0 Å². The third kappa shape index (κ3) is 5.30. The van der Waals surface area contributed by atoms with Crippen molar-refractivity contribution in [2.45, 2.75) is 33.1 Å². The fourth-order valence-corrected chi connectivity index (χ4v) is 3.06. The van der Waals surface area contributed by atoms with Gasteiger partial charge in [-0.2, -0.15) is 13.2 Å². The van der Waals surface area contributed by atoms with Crippen LogP contribution in [0, 0.1) is 0 Å². The molecule has 0 saturated heterocycles. The molecule has 0 radical (unpaired) electrons. The predicted molar refractivity (Wildman–Crippen MR) is 57.7 cm³/mol. The lowest BCUT2D eigenvalue weighted by Gasteiger charge is -2.28. The summed E-state index contributed by atoms with van der Waals surface area (Å²) in [5, 5.41) is 0. The van der Waals surface area contributed by atoms with Crippen molar-refractivity contribution < 1.29 is 32.0 Å². The second kappa shape index (κ2) is 5.51. The van der Waals surface area contributed by atoms with Crippen molar-refractivity contribution in [2.75, 3.05) is 6.17 Å². The molecular formula is C9H14F3NO4Si. The topological polar surface area (TPSA) is 63.7 Å². The standard InChI is InChI=1S/C9H14F3NO4Si/c1-6(14)13(7(2)15)5-18(3,4)17-8(16)9(10,11)12/h5H2,1-4H3.